The van der Waals surface area contributed by atoms with E-state index in [-0.39, 0.29) is 34.1 Å². The summed E-state index contributed by atoms with van der Waals surface area (Å²) in [5.74, 6) is -0.454. The number of phenols is 1. The van der Waals surface area contributed by atoms with Crippen molar-refractivity contribution < 1.29 is 23.7 Å². The second kappa shape index (κ2) is 11.4. The van der Waals surface area contributed by atoms with E-state index in [0.717, 1.165) is 45.1 Å². The zero-order chi connectivity index (χ0) is 31.5. The molecule has 3 aliphatic rings. The molecule has 0 radical (unpaired) electrons. The predicted octanol–water partition coefficient (Wildman–Crippen LogP) is 6.99. The fourth-order valence-corrected chi connectivity index (χ4v) is 8.48. The highest BCUT2D eigenvalue weighted by Gasteiger charge is 2.47. The Morgan fingerprint density at radius 1 is 1.00 bits per heavy atom. The topological polar surface area (TPSA) is 82.0 Å². The van der Waals surface area contributed by atoms with Crippen molar-refractivity contribution in [3.63, 3.8) is 0 Å². The van der Waals surface area contributed by atoms with E-state index in [1.165, 1.54) is 12.1 Å². The third-order valence-electron chi connectivity index (χ3n) is 10.6. The van der Waals surface area contributed by atoms with Gasteiger partial charge in [-0.15, -0.1) is 0 Å². The molecular formula is C36H42F2N4O3. The summed E-state index contributed by atoms with van der Waals surface area (Å²) in [7, 11) is 2.19. The highest BCUT2D eigenvalue weighted by molar-refractivity contribution is 6.03. The molecule has 3 fully saturated rings. The summed E-state index contributed by atoms with van der Waals surface area (Å²) in [6.45, 7) is 6.24. The van der Waals surface area contributed by atoms with Gasteiger partial charge in [-0.1, -0.05) is 25.5 Å². The summed E-state index contributed by atoms with van der Waals surface area (Å²) in [6, 6.07) is 10.1. The maximum Gasteiger partial charge on any atom is 0.319 e. The van der Waals surface area contributed by atoms with E-state index >= 15 is 4.39 Å². The Labute approximate surface area is 262 Å². The molecule has 2 saturated heterocycles. The average Bonchev–Trinajstić information content (AvgIpc) is 3.45. The number of β-amino-alcohol motifs (C(OH)–C–C–N with tert-alkyl or cyclic N) is 1. The van der Waals surface area contributed by atoms with Crippen LogP contribution in [-0.2, 0) is 6.42 Å². The van der Waals surface area contributed by atoms with Crippen LogP contribution in [0.1, 0.15) is 64.4 Å². The van der Waals surface area contributed by atoms with Crippen LogP contribution in [0, 0.1) is 17.0 Å². The van der Waals surface area contributed by atoms with Gasteiger partial charge in [-0.25, -0.2) is 8.78 Å². The number of rotatable bonds is 6. The molecule has 0 bridgehead atoms. The first-order valence-electron chi connectivity index (χ1n) is 16.3. The highest BCUT2D eigenvalue weighted by Crippen LogP contribution is 2.48. The van der Waals surface area contributed by atoms with E-state index in [2.05, 4.69) is 16.9 Å². The Hall–Kier alpha value is -3.56. The number of ether oxygens (including phenoxy) is 1. The third-order valence-corrected chi connectivity index (χ3v) is 10.6. The van der Waals surface area contributed by atoms with E-state index in [4.69, 9.17) is 9.72 Å². The van der Waals surface area contributed by atoms with E-state index < -0.39 is 11.4 Å². The Balaban J connectivity index is 1.38. The molecule has 2 N–H and O–H groups in total. The van der Waals surface area contributed by atoms with E-state index in [1.54, 1.807) is 24.3 Å². The largest absolute Gasteiger partial charge is 0.508 e. The molecule has 0 unspecified atom stereocenters. The van der Waals surface area contributed by atoms with Crippen molar-refractivity contribution in [3.8, 4) is 22.9 Å². The fourth-order valence-electron chi connectivity index (χ4n) is 8.48. The number of halogens is 2. The van der Waals surface area contributed by atoms with Gasteiger partial charge in [-0.2, -0.15) is 9.97 Å². The maximum absolute atomic E-state index is 16.9. The van der Waals surface area contributed by atoms with Crippen molar-refractivity contribution in [2.75, 3.05) is 38.2 Å². The van der Waals surface area contributed by atoms with Gasteiger partial charge in [0.15, 0.2) is 5.82 Å². The Bertz CT molecular complexity index is 1780. The number of likely N-dealkylation sites (tertiary alicyclic amines) is 1. The van der Waals surface area contributed by atoms with Crippen LogP contribution in [0.4, 0.5) is 14.6 Å². The van der Waals surface area contributed by atoms with Crippen molar-refractivity contribution in [3.05, 3.63) is 53.6 Å². The van der Waals surface area contributed by atoms with Crippen LogP contribution in [-0.4, -0.2) is 70.0 Å². The van der Waals surface area contributed by atoms with Gasteiger partial charge in [0.25, 0.3) is 0 Å². The Kier molecular flexibility index (Phi) is 7.60. The Morgan fingerprint density at radius 3 is 2.60 bits per heavy atom. The van der Waals surface area contributed by atoms with Crippen LogP contribution in [0.3, 0.4) is 0 Å². The number of aliphatic hydroxyl groups is 1. The minimum absolute atomic E-state index is 0.0157. The number of nitrogens with zero attached hydrogens (tertiary/aromatic N) is 4. The second-order valence-electron chi connectivity index (χ2n) is 13.8. The fraction of sp³-hybridized carbons (Fsp3) is 0.500. The summed E-state index contributed by atoms with van der Waals surface area (Å²) in [5, 5.41) is 23.3. The number of anilines is 1. The number of benzene rings is 3. The van der Waals surface area contributed by atoms with Crippen molar-refractivity contribution in [2.45, 2.75) is 76.9 Å². The van der Waals surface area contributed by atoms with Crippen molar-refractivity contribution in [1.82, 2.24) is 14.9 Å². The summed E-state index contributed by atoms with van der Waals surface area (Å²) in [6.07, 6.45) is 7.42. The number of aromatic hydroxyl groups is 1. The second-order valence-corrected chi connectivity index (χ2v) is 13.8. The molecule has 4 aromatic rings. The van der Waals surface area contributed by atoms with E-state index in [9.17, 15) is 14.6 Å². The van der Waals surface area contributed by atoms with Crippen LogP contribution in [0.25, 0.3) is 32.8 Å². The molecule has 45 heavy (non-hydrogen) atoms. The van der Waals surface area contributed by atoms with Crippen LogP contribution in [0.2, 0.25) is 0 Å². The SMILES string of the molecule is CCc1c(F)ccc2cc(O)cc(-c3ccc4c(N5CCC[C@@](C)(O)C5)nc(OC[C@]56CCC[C@H]5N(C)CCC6)nc4c3F)c12. The summed E-state index contributed by atoms with van der Waals surface area (Å²) >= 11 is 0. The predicted molar refractivity (Wildman–Crippen MR) is 173 cm³/mol. The van der Waals surface area contributed by atoms with Crippen molar-refractivity contribution >= 4 is 27.5 Å². The number of aryl methyl sites for hydroxylation is 1. The number of piperidine rings is 2. The first-order chi connectivity index (χ1) is 21.6. The number of hydrogen-bond donors (Lipinski definition) is 2. The zero-order valence-electron chi connectivity index (χ0n) is 26.4. The Morgan fingerprint density at radius 2 is 1.80 bits per heavy atom. The lowest BCUT2D eigenvalue weighted by molar-refractivity contribution is 0.0132. The molecule has 7 rings (SSSR count). The zero-order valence-corrected chi connectivity index (χ0v) is 26.4. The molecule has 1 aromatic heterocycles. The summed E-state index contributed by atoms with van der Waals surface area (Å²) < 4.78 is 38.3. The number of phenolic OH excluding ortho intramolecular Hbond substituents is 1. The van der Waals surface area contributed by atoms with Crippen molar-refractivity contribution in [2.24, 2.45) is 5.41 Å². The van der Waals surface area contributed by atoms with Gasteiger partial charge < -0.3 is 24.7 Å². The minimum Gasteiger partial charge on any atom is -0.508 e. The van der Waals surface area contributed by atoms with Gasteiger partial charge in [0.2, 0.25) is 0 Å². The highest BCUT2D eigenvalue weighted by atomic mass is 19.1. The van der Waals surface area contributed by atoms with Crippen LogP contribution < -0.4 is 9.64 Å². The molecule has 238 valence electrons. The quantitative estimate of drug-likeness (QED) is 0.242. The molecule has 1 saturated carbocycles. The van der Waals surface area contributed by atoms with Crippen molar-refractivity contribution in [1.29, 1.82) is 0 Å². The molecule has 2 aliphatic heterocycles. The molecule has 1 aliphatic carbocycles. The molecule has 0 spiro atoms. The smallest absolute Gasteiger partial charge is 0.319 e. The molecule has 3 heterocycles. The van der Waals surface area contributed by atoms with E-state index in [1.807, 2.05) is 18.7 Å². The van der Waals surface area contributed by atoms with Crippen LogP contribution in [0.15, 0.2) is 36.4 Å². The lowest BCUT2D eigenvalue weighted by atomic mass is 9.76. The first-order valence-corrected chi connectivity index (χ1v) is 16.3. The van der Waals surface area contributed by atoms with Gasteiger partial charge in [-0.05, 0) is 112 Å². The standard InChI is InChI=1S/C36H42F2N4O3/c1-4-24-28(37)12-9-22-18-23(43)19-27(30(22)24)25-10-11-26-32(31(25)38)39-34(40-33(26)42-17-6-13-35(2,44)20-42)45-21-36-14-5-8-29(36)41(3)16-7-15-36/h9-12,18-19,29,43-44H,4-8,13-17,20-21H2,1-3H3/t29-,35-,36-/m1/s1. The summed E-state index contributed by atoms with van der Waals surface area (Å²) in [5.41, 5.74) is 0.300. The van der Waals surface area contributed by atoms with E-state index in [0.29, 0.717) is 71.7 Å². The number of hydrogen-bond acceptors (Lipinski definition) is 7. The molecule has 3 aromatic carbocycles. The molecular weight excluding hydrogens is 574 g/mol. The average molecular weight is 617 g/mol. The summed E-state index contributed by atoms with van der Waals surface area (Å²) in [4.78, 5) is 14.0. The third kappa shape index (κ3) is 5.27. The number of fused-ring (bicyclic) bond motifs is 3. The molecule has 3 atom stereocenters. The molecule has 0 amide bonds. The lowest BCUT2D eigenvalue weighted by Crippen LogP contribution is -2.50. The van der Waals surface area contributed by atoms with Crippen LogP contribution >= 0.6 is 0 Å². The molecule has 9 heteroatoms. The minimum atomic E-state index is -0.904. The van der Waals surface area contributed by atoms with Crippen LogP contribution in [0.5, 0.6) is 11.8 Å². The molecule has 7 nitrogen and oxygen atoms in total. The van der Waals surface area contributed by atoms with Gasteiger partial charge >= 0.3 is 6.01 Å². The maximum atomic E-state index is 16.9. The first kappa shape index (κ1) is 30.1. The van der Waals surface area contributed by atoms with Gasteiger partial charge in [-0.3, -0.25) is 0 Å². The normalized spacial score (nSPS) is 25.6. The van der Waals surface area contributed by atoms with Gasteiger partial charge in [0.1, 0.15) is 22.9 Å². The van der Waals surface area contributed by atoms with Gasteiger partial charge in [0, 0.05) is 35.5 Å². The monoisotopic (exact) mass is 616 g/mol. The lowest BCUT2D eigenvalue weighted by Gasteiger charge is -2.44. The number of aromatic nitrogens is 2. The van der Waals surface area contributed by atoms with Gasteiger partial charge in [0.05, 0.1) is 12.2 Å².